The Hall–Kier alpha value is -1.26. The van der Waals surface area contributed by atoms with Crippen molar-refractivity contribution in [1.82, 2.24) is 0 Å². The summed E-state index contributed by atoms with van der Waals surface area (Å²) in [6.07, 6.45) is 2.64. The molecule has 0 aromatic heterocycles. The van der Waals surface area contributed by atoms with Gasteiger partial charge in [-0.15, -0.1) is 0 Å². The molecule has 0 bridgehead atoms. The maximum atomic E-state index is 11.0. The van der Waals surface area contributed by atoms with Crippen molar-refractivity contribution in [2.75, 3.05) is 5.32 Å². The number of anilines is 1. The minimum absolute atomic E-state index is 0.0297. The average molecular weight is 284 g/mol. The van der Waals surface area contributed by atoms with Crippen LogP contribution in [0.5, 0.6) is 0 Å². The van der Waals surface area contributed by atoms with E-state index in [4.69, 9.17) is 16.7 Å². The second-order valence-corrected chi connectivity index (χ2v) is 5.73. The summed E-state index contributed by atoms with van der Waals surface area (Å²) in [6.45, 7) is 3.60. The lowest BCUT2D eigenvalue weighted by molar-refractivity contribution is 0.0578. The van der Waals surface area contributed by atoms with Crippen LogP contribution in [0, 0.1) is 6.92 Å². The van der Waals surface area contributed by atoms with Crippen LogP contribution in [0.3, 0.4) is 0 Å². The van der Waals surface area contributed by atoms with Crippen molar-refractivity contribution >= 4 is 23.3 Å². The zero-order valence-corrected chi connectivity index (χ0v) is 11.8. The molecule has 3 N–H and O–H groups in total. The molecule has 0 heterocycles. The maximum absolute atomic E-state index is 11.0. The van der Waals surface area contributed by atoms with Gasteiger partial charge in [0.2, 0.25) is 0 Å². The molecule has 0 radical (unpaired) electrons. The number of rotatable bonds is 3. The number of aromatic carboxylic acids is 1. The van der Waals surface area contributed by atoms with Crippen LogP contribution in [0.4, 0.5) is 5.69 Å². The zero-order valence-electron chi connectivity index (χ0n) is 11.0. The fourth-order valence-electron chi connectivity index (χ4n) is 2.57. The Morgan fingerprint density at radius 2 is 2.21 bits per heavy atom. The van der Waals surface area contributed by atoms with Gasteiger partial charge in [0.25, 0.3) is 0 Å². The highest BCUT2D eigenvalue weighted by atomic mass is 35.5. The Labute approximate surface area is 117 Å². The molecule has 1 aliphatic carbocycles. The van der Waals surface area contributed by atoms with E-state index in [9.17, 15) is 9.90 Å². The molecule has 1 aromatic carbocycles. The number of benzene rings is 1. The molecule has 0 aliphatic heterocycles. The molecule has 1 saturated carbocycles. The molecule has 2 rings (SSSR count). The zero-order chi connectivity index (χ0) is 14.2. The van der Waals surface area contributed by atoms with Gasteiger partial charge in [0, 0.05) is 5.69 Å². The number of aliphatic hydroxyl groups is 1. The summed E-state index contributed by atoms with van der Waals surface area (Å²) in [4.78, 5) is 11.0. The van der Waals surface area contributed by atoms with E-state index in [0.717, 1.165) is 24.9 Å². The molecule has 0 saturated heterocycles. The summed E-state index contributed by atoms with van der Waals surface area (Å²) in [7, 11) is 0. The summed E-state index contributed by atoms with van der Waals surface area (Å²) >= 11 is 6.07. The van der Waals surface area contributed by atoms with Gasteiger partial charge in [-0.2, -0.15) is 0 Å². The van der Waals surface area contributed by atoms with E-state index < -0.39 is 11.6 Å². The Bertz CT molecular complexity index is 514. The van der Waals surface area contributed by atoms with Crippen LogP contribution in [0.1, 0.15) is 42.1 Å². The van der Waals surface area contributed by atoms with Crippen LogP contribution in [0.2, 0.25) is 5.02 Å². The van der Waals surface area contributed by atoms with Crippen molar-refractivity contribution in [3.63, 3.8) is 0 Å². The van der Waals surface area contributed by atoms with Gasteiger partial charge < -0.3 is 15.5 Å². The van der Waals surface area contributed by atoms with Gasteiger partial charge in [-0.1, -0.05) is 11.6 Å². The summed E-state index contributed by atoms with van der Waals surface area (Å²) in [6, 6.07) is 3.17. The largest absolute Gasteiger partial charge is 0.478 e. The summed E-state index contributed by atoms with van der Waals surface area (Å²) in [5.41, 5.74) is 0.846. The second kappa shape index (κ2) is 5.02. The molecule has 0 spiro atoms. The number of carboxylic acid groups (broad SMARTS) is 1. The molecule has 0 amide bonds. The van der Waals surface area contributed by atoms with Crippen molar-refractivity contribution < 1.29 is 15.0 Å². The van der Waals surface area contributed by atoms with Crippen LogP contribution in [0.15, 0.2) is 12.1 Å². The van der Waals surface area contributed by atoms with E-state index in [0.29, 0.717) is 5.56 Å². The molecule has 1 fully saturated rings. The van der Waals surface area contributed by atoms with Crippen molar-refractivity contribution in [2.24, 2.45) is 0 Å². The topological polar surface area (TPSA) is 69.6 Å². The Morgan fingerprint density at radius 1 is 1.53 bits per heavy atom. The number of carbonyl (C=O) groups is 1. The smallest absolute Gasteiger partial charge is 0.337 e. The van der Waals surface area contributed by atoms with Crippen LogP contribution in [0.25, 0.3) is 0 Å². The molecule has 2 atom stereocenters. The highest BCUT2D eigenvalue weighted by Crippen LogP contribution is 2.34. The quantitative estimate of drug-likeness (QED) is 0.797. The molecule has 5 heteroatoms. The van der Waals surface area contributed by atoms with E-state index in [-0.39, 0.29) is 16.6 Å². The minimum Gasteiger partial charge on any atom is -0.478 e. The van der Waals surface area contributed by atoms with E-state index in [2.05, 4.69) is 5.32 Å². The molecular formula is C14H18ClNO3. The van der Waals surface area contributed by atoms with Gasteiger partial charge in [-0.25, -0.2) is 4.79 Å². The monoisotopic (exact) mass is 283 g/mol. The molecular weight excluding hydrogens is 266 g/mol. The fourth-order valence-corrected chi connectivity index (χ4v) is 2.82. The Balaban J connectivity index is 2.27. The first kappa shape index (κ1) is 14.2. The lowest BCUT2D eigenvalue weighted by atomic mass is 9.99. The van der Waals surface area contributed by atoms with Gasteiger partial charge in [0.1, 0.15) is 0 Å². The molecule has 0 unspecified atom stereocenters. The summed E-state index contributed by atoms with van der Waals surface area (Å²) in [5.74, 6) is -1.03. The van der Waals surface area contributed by atoms with Crippen molar-refractivity contribution in [1.29, 1.82) is 0 Å². The summed E-state index contributed by atoms with van der Waals surface area (Å²) in [5, 5.41) is 22.8. The van der Waals surface area contributed by atoms with Crippen LogP contribution in [-0.4, -0.2) is 27.8 Å². The number of carboxylic acids is 1. The SMILES string of the molecule is Cc1c(N[C@@H]2CCC[C@@]2(C)O)ccc(C(=O)O)c1Cl. The maximum Gasteiger partial charge on any atom is 0.337 e. The first-order valence-electron chi connectivity index (χ1n) is 6.34. The van der Waals surface area contributed by atoms with Gasteiger partial charge in [0.05, 0.1) is 22.2 Å². The molecule has 4 nitrogen and oxygen atoms in total. The van der Waals surface area contributed by atoms with Crippen molar-refractivity contribution in [3.05, 3.63) is 28.3 Å². The van der Waals surface area contributed by atoms with Crippen LogP contribution >= 0.6 is 11.6 Å². The van der Waals surface area contributed by atoms with Gasteiger partial charge in [0.15, 0.2) is 0 Å². The normalized spacial score (nSPS) is 26.4. The fraction of sp³-hybridized carbons (Fsp3) is 0.500. The standard InChI is InChI=1S/C14H18ClNO3/c1-8-10(6-5-9(12(8)15)13(17)18)16-11-4-3-7-14(11,2)19/h5-6,11,16,19H,3-4,7H2,1-2H3,(H,17,18)/t11-,14-/m1/s1. The third-order valence-corrected chi connectivity index (χ3v) is 4.36. The predicted molar refractivity (Wildman–Crippen MR) is 75.0 cm³/mol. The number of hydrogen-bond donors (Lipinski definition) is 3. The lowest BCUT2D eigenvalue weighted by Crippen LogP contribution is -2.39. The lowest BCUT2D eigenvalue weighted by Gasteiger charge is -2.28. The van der Waals surface area contributed by atoms with Gasteiger partial charge in [-0.05, 0) is 50.8 Å². The van der Waals surface area contributed by atoms with E-state index >= 15 is 0 Å². The van der Waals surface area contributed by atoms with Crippen LogP contribution < -0.4 is 5.32 Å². The predicted octanol–water partition coefficient (Wildman–Crippen LogP) is 3.06. The van der Waals surface area contributed by atoms with E-state index in [1.165, 1.54) is 6.07 Å². The summed E-state index contributed by atoms with van der Waals surface area (Å²) < 4.78 is 0. The number of hydrogen-bond acceptors (Lipinski definition) is 3. The average Bonchev–Trinajstić information content (AvgIpc) is 2.64. The van der Waals surface area contributed by atoms with E-state index in [1.54, 1.807) is 13.0 Å². The molecule has 1 aromatic rings. The molecule has 1 aliphatic rings. The Morgan fingerprint density at radius 3 is 2.74 bits per heavy atom. The van der Waals surface area contributed by atoms with Gasteiger partial charge in [-0.3, -0.25) is 0 Å². The van der Waals surface area contributed by atoms with Gasteiger partial charge >= 0.3 is 5.97 Å². The molecule has 104 valence electrons. The second-order valence-electron chi connectivity index (χ2n) is 5.35. The minimum atomic E-state index is -1.03. The van der Waals surface area contributed by atoms with E-state index in [1.807, 2.05) is 6.92 Å². The molecule has 19 heavy (non-hydrogen) atoms. The van der Waals surface area contributed by atoms with Crippen LogP contribution in [-0.2, 0) is 0 Å². The number of nitrogens with one attached hydrogen (secondary N) is 1. The van der Waals surface area contributed by atoms with Crippen molar-refractivity contribution in [2.45, 2.75) is 44.8 Å². The third kappa shape index (κ3) is 2.69. The highest BCUT2D eigenvalue weighted by molar-refractivity contribution is 6.34. The Kier molecular flexibility index (Phi) is 3.74. The van der Waals surface area contributed by atoms with Crippen molar-refractivity contribution in [3.8, 4) is 0 Å². The number of halogens is 1. The first-order valence-corrected chi connectivity index (χ1v) is 6.72. The highest BCUT2D eigenvalue weighted by Gasteiger charge is 2.36. The first-order chi connectivity index (χ1) is 8.83. The third-order valence-electron chi connectivity index (χ3n) is 3.87.